The minimum absolute atomic E-state index is 0.126. The van der Waals surface area contributed by atoms with Crippen molar-refractivity contribution < 1.29 is 18.7 Å². The summed E-state index contributed by atoms with van der Waals surface area (Å²) in [7, 11) is 0. The van der Waals surface area contributed by atoms with Crippen LogP contribution >= 0.6 is 15.9 Å². The third-order valence-corrected chi connectivity index (χ3v) is 4.00. The third kappa shape index (κ3) is 3.83. The van der Waals surface area contributed by atoms with E-state index in [9.17, 15) is 14.0 Å². The number of nitriles is 1. The molecule has 1 aliphatic rings. The molecule has 1 N–H and O–H groups in total. The van der Waals surface area contributed by atoms with Gasteiger partial charge in [-0.25, -0.2) is 9.18 Å². The maximum absolute atomic E-state index is 13.6. The second-order valence-corrected chi connectivity index (χ2v) is 6.25. The maximum atomic E-state index is 13.6. The smallest absolute Gasteiger partial charge is 0.341 e. The first-order valence-electron chi connectivity index (χ1n) is 6.70. The molecule has 1 aromatic rings. The fourth-order valence-electron chi connectivity index (χ4n) is 2.07. The number of halogens is 2. The highest BCUT2D eigenvalue weighted by molar-refractivity contribution is 9.10. The summed E-state index contributed by atoms with van der Waals surface area (Å²) in [5.41, 5.74) is -1.20. The standard InChI is InChI=1S/C15H14BrFN2O3/c1-15(8-18,9-2-3-9)19-13(20)7-22-14(21)11-5-4-10(16)6-12(11)17/h4-6,9H,2-3,7H2,1H3,(H,19,20)/t15-/m0/s1. The molecule has 1 atom stereocenters. The summed E-state index contributed by atoms with van der Waals surface area (Å²) >= 11 is 3.08. The minimum atomic E-state index is -0.952. The van der Waals surface area contributed by atoms with Crippen LogP contribution in [0.2, 0.25) is 0 Å². The fraction of sp³-hybridized carbons (Fsp3) is 0.400. The lowest BCUT2D eigenvalue weighted by Crippen LogP contribution is -2.48. The van der Waals surface area contributed by atoms with Crippen molar-refractivity contribution in [3.63, 3.8) is 0 Å². The summed E-state index contributed by atoms with van der Waals surface area (Å²) in [6, 6.07) is 5.97. The van der Waals surface area contributed by atoms with Gasteiger partial charge in [-0.05, 0) is 43.9 Å². The Morgan fingerprint density at radius 3 is 2.77 bits per heavy atom. The van der Waals surface area contributed by atoms with Gasteiger partial charge in [0.1, 0.15) is 11.4 Å². The maximum Gasteiger partial charge on any atom is 0.341 e. The quantitative estimate of drug-likeness (QED) is 0.810. The molecule has 0 saturated heterocycles. The molecule has 0 aliphatic heterocycles. The van der Waals surface area contributed by atoms with Gasteiger partial charge in [0.25, 0.3) is 5.91 Å². The van der Waals surface area contributed by atoms with Crippen molar-refractivity contribution in [3.8, 4) is 6.07 Å². The van der Waals surface area contributed by atoms with Gasteiger partial charge in [0.05, 0.1) is 11.6 Å². The van der Waals surface area contributed by atoms with Crippen molar-refractivity contribution in [2.45, 2.75) is 25.3 Å². The first-order valence-corrected chi connectivity index (χ1v) is 7.49. The number of hydrogen-bond acceptors (Lipinski definition) is 4. The zero-order chi connectivity index (χ0) is 16.3. The van der Waals surface area contributed by atoms with Crippen LogP contribution < -0.4 is 5.32 Å². The minimum Gasteiger partial charge on any atom is -0.452 e. The first kappa shape index (κ1) is 16.4. The van der Waals surface area contributed by atoms with Crippen molar-refractivity contribution in [1.29, 1.82) is 5.26 Å². The molecule has 116 valence electrons. The second kappa shape index (κ2) is 6.44. The summed E-state index contributed by atoms with van der Waals surface area (Å²) in [4.78, 5) is 23.5. The highest BCUT2D eigenvalue weighted by Gasteiger charge is 2.43. The Hall–Kier alpha value is -1.94. The normalized spacial score (nSPS) is 16.3. The molecule has 1 aliphatic carbocycles. The topological polar surface area (TPSA) is 79.2 Å². The highest BCUT2D eigenvalue weighted by atomic mass is 79.9. The molecule has 22 heavy (non-hydrogen) atoms. The number of rotatable bonds is 5. The molecule has 1 saturated carbocycles. The molecule has 0 bridgehead atoms. The summed E-state index contributed by atoms with van der Waals surface area (Å²) in [5.74, 6) is -2.12. The van der Waals surface area contributed by atoms with Crippen LogP contribution in [0.4, 0.5) is 4.39 Å². The Bertz CT molecular complexity index is 655. The Morgan fingerprint density at radius 2 is 2.23 bits per heavy atom. The van der Waals surface area contributed by atoms with E-state index < -0.39 is 29.8 Å². The van der Waals surface area contributed by atoms with Crippen LogP contribution in [0.3, 0.4) is 0 Å². The molecule has 0 aromatic heterocycles. The van der Waals surface area contributed by atoms with Gasteiger partial charge in [0, 0.05) is 4.47 Å². The predicted molar refractivity (Wildman–Crippen MR) is 79.3 cm³/mol. The fourth-order valence-corrected chi connectivity index (χ4v) is 2.40. The summed E-state index contributed by atoms with van der Waals surface area (Å²) in [5, 5.41) is 11.7. The van der Waals surface area contributed by atoms with Gasteiger partial charge in [-0.3, -0.25) is 4.79 Å². The molecule has 0 spiro atoms. The van der Waals surface area contributed by atoms with Crippen LogP contribution in [-0.4, -0.2) is 24.0 Å². The number of carbonyl (C=O) groups is 2. The number of hydrogen-bond donors (Lipinski definition) is 1. The van der Waals surface area contributed by atoms with Crippen molar-refractivity contribution >= 4 is 27.8 Å². The Labute approximate surface area is 135 Å². The van der Waals surface area contributed by atoms with Crippen LogP contribution in [0, 0.1) is 23.1 Å². The van der Waals surface area contributed by atoms with Crippen LogP contribution in [0.25, 0.3) is 0 Å². The van der Waals surface area contributed by atoms with Gasteiger partial charge >= 0.3 is 5.97 Å². The molecule has 0 unspecified atom stereocenters. The van der Waals surface area contributed by atoms with E-state index in [0.29, 0.717) is 4.47 Å². The van der Waals surface area contributed by atoms with Crippen molar-refractivity contribution in [1.82, 2.24) is 5.32 Å². The SMILES string of the molecule is C[C@@](C#N)(NC(=O)COC(=O)c1ccc(Br)cc1F)C1CC1. The molecule has 1 fully saturated rings. The molecule has 1 amide bonds. The van der Waals surface area contributed by atoms with E-state index in [1.54, 1.807) is 6.92 Å². The van der Waals surface area contributed by atoms with E-state index in [-0.39, 0.29) is 11.5 Å². The highest BCUT2D eigenvalue weighted by Crippen LogP contribution is 2.39. The number of nitrogens with zero attached hydrogens (tertiary/aromatic N) is 1. The predicted octanol–water partition coefficient (Wildman–Crippen LogP) is 2.55. The van der Waals surface area contributed by atoms with Crippen LogP contribution in [0.5, 0.6) is 0 Å². The van der Waals surface area contributed by atoms with Gasteiger partial charge in [-0.15, -0.1) is 0 Å². The number of benzene rings is 1. The molecule has 0 heterocycles. The van der Waals surface area contributed by atoms with Crippen molar-refractivity contribution in [2.24, 2.45) is 5.92 Å². The molecule has 0 radical (unpaired) electrons. The van der Waals surface area contributed by atoms with E-state index in [4.69, 9.17) is 10.00 Å². The third-order valence-electron chi connectivity index (χ3n) is 3.51. The van der Waals surface area contributed by atoms with E-state index >= 15 is 0 Å². The number of nitrogens with one attached hydrogen (secondary N) is 1. The number of esters is 1. The average Bonchev–Trinajstić information content (AvgIpc) is 3.29. The van der Waals surface area contributed by atoms with Gasteiger partial charge < -0.3 is 10.1 Å². The van der Waals surface area contributed by atoms with Crippen molar-refractivity contribution in [3.05, 3.63) is 34.1 Å². The van der Waals surface area contributed by atoms with Gasteiger partial charge in [0.15, 0.2) is 6.61 Å². The van der Waals surface area contributed by atoms with Crippen LogP contribution in [0.15, 0.2) is 22.7 Å². The van der Waals surface area contributed by atoms with Crippen LogP contribution in [0.1, 0.15) is 30.1 Å². The van der Waals surface area contributed by atoms with Gasteiger partial charge in [0.2, 0.25) is 0 Å². The zero-order valence-corrected chi connectivity index (χ0v) is 13.4. The molecular formula is C15H14BrFN2O3. The largest absolute Gasteiger partial charge is 0.452 e. The van der Waals surface area contributed by atoms with E-state index in [1.807, 2.05) is 0 Å². The molecule has 5 nitrogen and oxygen atoms in total. The molecule has 1 aromatic carbocycles. The number of ether oxygens (including phenoxy) is 1. The Morgan fingerprint density at radius 1 is 1.55 bits per heavy atom. The monoisotopic (exact) mass is 368 g/mol. The molecular weight excluding hydrogens is 355 g/mol. The lowest BCUT2D eigenvalue weighted by atomic mass is 9.98. The second-order valence-electron chi connectivity index (χ2n) is 5.34. The van der Waals surface area contributed by atoms with Crippen molar-refractivity contribution in [2.75, 3.05) is 6.61 Å². The van der Waals surface area contributed by atoms with Gasteiger partial charge in [-0.1, -0.05) is 15.9 Å². The Balaban J connectivity index is 1.91. The van der Waals surface area contributed by atoms with E-state index in [1.165, 1.54) is 12.1 Å². The summed E-state index contributed by atoms with van der Waals surface area (Å²) in [6.45, 7) is 1.08. The van der Waals surface area contributed by atoms with E-state index in [0.717, 1.165) is 18.9 Å². The zero-order valence-electron chi connectivity index (χ0n) is 11.9. The number of carbonyl (C=O) groups excluding carboxylic acids is 2. The lowest BCUT2D eigenvalue weighted by molar-refractivity contribution is -0.125. The molecule has 2 rings (SSSR count). The van der Waals surface area contributed by atoms with Gasteiger partial charge in [-0.2, -0.15) is 5.26 Å². The lowest BCUT2D eigenvalue weighted by Gasteiger charge is -2.22. The van der Waals surface area contributed by atoms with Crippen LogP contribution in [-0.2, 0) is 9.53 Å². The number of amides is 1. The summed E-state index contributed by atoms with van der Waals surface area (Å²) in [6.07, 6.45) is 1.77. The molecule has 7 heteroatoms. The average molecular weight is 369 g/mol. The van der Waals surface area contributed by atoms with E-state index in [2.05, 4.69) is 27.3 Å². The summed E-state index contributed by atoms with van der Waals surface area (Å²) < 4.78 is 18.9. The first-order chi connectivity index (χ1) is 10.4. The Kier molecular flexibility index (Phi) is 4.81.